The molecule has 0 bridgehead atoms. The van der Waals surface area contributed by atoms with Crippen molar-refractivity contribution in [2.75, 3.05) is 0 Å². The molecule has 4 rings (SSSR count). The largest absolute Gasteiger partial charge is 0.479 e. The number of carbonyl (C=O) groups excluding carboxylic acids is 1. The molecule has 3 aromatic rings. The molecule has 7 nitrogen and oxygen atoms in total. The zero-order valence-corrected chi connectivity index (χ0v) is 20.3. The molecule has 1 heterocycles. The summed E-state index contributed by atoms with van der Waals surface area (Å²) < 4.78 is 40.3. The number of carbonyl (C=O) groups is 2. The van der Waals surface area contributed by atoms with Crippen molar-refractivity contribution in [3.63, 3.8) is 0 Å². The summed E-state index contributed by atoms with van der Waals surface area (Å²) in [6.07, 6.45) is -6.15. The second-order valence-electron chi connectivity index (χ2n) is 9.28. The fourth-order valence-electron chi connectivity index (χ4n) is 4.60. The van der Waals surface area contributed by atoms with Crippen molar-refractivity contribution >= 4 is 11.9 Å². The maximum Gasteiger partial charge on any atom is 0.416 e. The van der Waals surface area contributed by atoms with E-state index in [1.807, 2.05) is 54.6 Å². The normalized spacial score (nSPS) is 19.1. The minimum Gasteiger partial charge on any atom is -0.479 e. The summed E-state index contributed by atoms with van der Waals surface area (Å²) in [5.41, 5.74) is 7.61. The Morgan fingerprint density at radius 3 is 2.21 bits per heavy atom. The van der Waals surface area contributed by atoms with Crippen molar-refractivity contribution in [3.8, 4) is 11.1 Å². The second kappa shape index (κ2) is 11.8. The summed E-state index contributed by atoms with van der Waals surface area (Å²) in [6, 6.07) is 20.2. The molecule has 0 saturated carbocycles. The van der Waals surface area contributed by atoms with E-state index in [0.717, 1.165) is 22.8 Å². The number of halogens is 3. The molecule has 4 atom stereocenters. The van der Waals surface area contributed by atoms with E-state index in [1.54, 1.807) is 0 Å². The van der Waals surface area contributed by atoms with Crippen molar-refractivity contribution in [2.45, 2.75) is 49.7 Å². The van der Waals surface area contributed by atoms with Gasteiger partial charge in [-0.25, -0.2) is 15.6 Å². The lowest BCUT2D eigenvalue weighted by Gasteiger charge is -2.22. The molecule has 1 aliphatic heterocycles. The molecule has 1 amide bonds. The van der Waals surface area contributed by atoms with Crippen LogP contribution < -0.4 is 16.2 Å². The van der Waals surface area contributed by atoms with Crippen LogP contribution >= 0.6 is 0 Å². The summed E-state index contributed by atoms with van der Waals surface area (Å²) in [6.45, 7) is 0. The van der Waals surface area contributed by atoms with E-state index in [1.165, 1.54) is 18.2 Å². The third kappa shape index (κ3) is 6.77. The molecule has 1 aliphatic rings. The molecule has 1 saturated heterocycles. The van der Waals surface area contributed by atoms with Crippen LogP contribution in [0, 0.1) is 0 Å². The molecule has 0 aromatic heterocycles. The van der Waals surface area contributed by atoms with Gasteiger partial charge in [0.05, 0.1) is 5.56 Å². The monoisotopic (exact) mass is 527 g/mol. The number of aliphatic carboxylic acids is 1. The predicted octanol–water partition coefficient (Wildman–Crippen LogP) is 3.84. The molecule has 5 N–H and O–H groups in total. The summed E-state index contributed by atoms with van der Waals surface area (Å²) in [5, 5.41) is 21.9. The highest BCUT2D eigenvalue weighted by Crippen LogP contribution is 2.36. The van der Waals surface area contributed by atoms with Crippen LogP contribution in [0.3, 0.4) is 0 Å². The molecular weight excluding hydrogens is 499 g/mol. The van der Waals surface area contributed by atoms with Gasteiger partial charge in [0.15, 0.2) is 6.10 Å². The number of carboxylic acids is 1. The van der Waals surface area contributed by atoms with E-state index >= 15 is 0 Å². The fraction of sp³-hybridized carbons (Fsp3) is 0.286. The lowest BCUT2D eigenvalue weighted by molar-refractivity contribution is -0.147. The Labute approximate surface area is 217 Å². The van der Waals surface area contributed by atoms with Crippen LogP contribution in [0.1, 0.15) is 35.6 Å². The average Bonchev–Trinajstić information content (AvgIpc) is 3.39. The number of hydrogen-bond acceptors (Lipinski definition) is 5. The smallest absolute Gasteiger partial charge is 0.416 e. The maximum atomic E-state index is 13.4. The number of hydrazine groups is 1. The van der Waals surface area contributed by atoms with Gasteiger partial charge in [-0.1, -0.05) is 72.8 Å². The molecule has 0 aliphatic carbocycles. The van der Waals surface area contributed by atoms with Crippen LogP contribution in [0.2, 0.25) is 0 Å². The lowest BCUT2D eigenvalue weighted by atomic mass is 9.95. The van der Waals surface area contributed by atoms with Crippen LogP contribution in [-0.4, -0.2) is 40.3 Å². The number of aliphatic hydroxyl groups excluding tert-OH is 1. The Morgan fingerprint density at radius 2 is 1.55 bits per heavy atom. The van der Waals surface area contributed by atoms with Crippen molar-refractivity contribution in [1.29, 1.82) is 0 Å². The molecule has 1 fully saturated rings. The highest BCUT2D eigenvalue weighted by Gasteiger charge is 2.38. The summed E-state index contributed by atoms with van der Waals surface area (Å²) in [4.78, 5) is 24.3. The SMILES string of the molecule is O=C(NC(Cc1ccc(-c2ccccc2)cc1)C[C@@H](O)C(=O)O)C1CC(c2ccccc2C(F)(F)F)NN1. The zero-order chi connectivity index (χ0) is 27.3. The van der Waals surface area contributed by atoms with Gasteiger partial charge in [0, 0.05) is 18.5 Å². The first kappa shape index (κ1) is 27.3. The molecule has 0 radical (unpaired) electrons. The molecule has 10 heteroatoms. The van der Waals surface area contributed by atoms with Crippen LogP contribution in [0.15, 0.2) is 78.9 Å². The standard InChI is InChI=1S/C28H28F3N3O4/c29-28(30,31)22-9-5-4-8-21(22)23-16-24(34-33-23)26(36)32-20(15-25(35)27(37)38)14-17-10-12-19(13-11-17)18-6-2-1-3-7-18/h1-13,20,23-25,33-35H,14-16H2,(H,32,36)(H,37,38)/t20?,23?,24?,25-/m1/s1. The number of benzene rings is 3. The average molecular weight is 528 g/mol. The van der Waals surface area contributed by atoms with Gasteiger partial charge in [0.1, 0.15) is 6.04 Å². The highest BCUT2D eigenvalue weighted by molar-refractivity contribution is 5.82. The number of rotatable bonds is 9. The lowest BCUT2D eigenvalue weighted by Crippen LogP contribution is -2.48. The van der Waals surface area contributed by atoms with E-state index < -0.39 is 47.8 Å². The van der Waals surface area contributed by atoms with Gasteiger partial charge >= 0.3 is 12.1 Å². The third-order valence-corrected chi connectivity index (χ3v) is 6.54. The van der Waals surface area contributed by atoms with Crippen LogP contribution in [-0.2, 0) is 22.2 Å². The van der Waals surface area contributed by atoms with E-state index in [2.05, 4.69) is 16.2 Å². The van der Waals surface area contributed by atoms with Gasteiger partial charge < -0.3 is 15.5 Å². The Balaban J connectivity index is 1.44. The van der Waals surface area contributed by atoms with Crippen LogP contribution in [0.25, 0.3) is 11.1 Å². The molecule has 38 heavy (non-hydrogen) atoms. The predicted molar refractivity (Wildman–Crippen MR) is 135 cm³/mol. The van der Waals surface area contributed by atoms with Gasteiger partial charge in [-0.2, -0.15) is 13.2 Å². The number of carboxylic acid groups (broad SMARTS) is 1. The van der Waals surface area contributed by atoms with Gasteiger partial charge in [0.25, 0.3) is 0 Å². The maximum absolute atomic E-state index is 13.4. The topological polar surface area (TPSA) is 111 Å². The van der Waals surface area contributed by atoms with E-state index in [0.29, 0.717) is 0 Å². The number of amides is 1. The van der Waals surface area contributed by atoms with Crippen molar-refractivity contribution in [3.05, 3.63) is 95.6 Å². The molecule has 3 unspecified atom stereocenters. The Morgan fingerprint density at radius 1 is 0.921 bits per heavy atom. The fourth-order valence-corrected chi connectivity index (χ4v) is 4.60. The van der Waals surface area contributed by atoms with Gasteiger partial charge in [-0.15, -0.1) is 0 Å². The van der Waals surface area contributed by atoms with Crippen molar-refractivity contribution < 1.29 is 33.0 Å². The van der Waals surface area contributed by atoms with Crippen molar-refractivity contribution in [2.24, 2.45) is 0 Å². The first-order valence-corrected chi connectivity index (χ1v) is 12.1. The van der Waals surface area contributed by atoms with Gasteiger partial charge in [-0.3, -0.25) is 4.79 Å². The molecule has 3 aromatic carbocycles. The number of hydrogen-bond donors (Lipinski definition) is 5. The first-order chi connectivity index (χ1) is 18.1. The number of nitrogens with one attached hydrogen (secondary N) is 3. The Kier molecular flexibility index (Phi) is 8.45. The van der Waals surface area contributed by atoms with Crippen molar-refractivity contribution in [1.82, 2.24) is 16.2 Å². The van der Waals surface area contributed by atoms with E-state index in [9.17, 15) is 33.0 Å². The zero-order valence-electron chi connectivity index (χ0n) is 20.3. The van der Waals surface area contributed by atoms with Crippen LogP contribution in [0.5, 0.6) is 0 Å². The minimum atomic E-state index is -4.53. The molecule has 0 spiro atoms. The van der Waals surface area contributed by atoms with E-state index in [4.69, 9.17) is 0 Å². The third-order valence-electron chi connectivity index (χ3n) is 6.54. The first-order valence-electron chi connectivity index (χ1n) is 12.1. The number of aliphatic hydroxyl groups is 1. The number of alkyl halides is 3. The Bertz CT molecular complexity index is 1250. The second-order valence-corrected chi connectivity index (χ2v) is 9.28. The minimum absolute atomic E-state index is 0.0270. The summed E-state index contributed by atoms with van der Waals surface area (Å²) in [7, 11) is 0. The summed E-state index contributed by atoms with van der Waals surface area (Å²) >= 11 is 0. The van der Waals surface area contributed by atoms with Gasteiger partial charge in [0.2, 0.25) is 5.91 Å². The van der Waals surface area contributed by atoms with Crippen LogP contribution in [0.4, 0.5) is 13.2 Å². The quantitative estimate of drug-likeness (QED) is 0.289. The Hall–Kier alpha value is -3.73. The highest BCUT2D eigenvalue weighted by atomic mass is 19.4. The summed E-state index contributed by atoms with van der Waals surface area (Å²) in [5.74, 6) is -1.92. The van der Waals surface area contributed by atoms with E-state index in [-0.39, 0.29) is 24.8 Å². The molecule has 200 valence electrons. The van der Waals surface area contributed by atoms with Gasteiger partial charge in [-0.05, 0) is 41.2 Å². The molecular formula is C28H28F3N3O4.